The van der Waals surface area contributed by atoms with Crippen molar-refractivity contribution in [2.45, 2.75) is 38.5 Å². The summed E-state index contributed by atoms with van der Waals surface area (Å²) in [6.07, 6.45) is 6.22. The summed E-state index contributed by atoms with van der Waals surface area (Å²) in [5.74, 6) is 0.482. The van der Waals surface area contributed by atoms with Crippen molar-refractivity contribution in [2.24, 2.45) is 13.0 Å². The van der Waals surface area contributed by atoms with Crippen LogP contribution >= 0.6 is 0 Å². The summed E-state index contributed by atoms with van der Waals surface area (Å²) >= 11 is 0. The maximum Gasteiger partial charge on any atom is 0.271 e. The smallest absolute Gasteiger partial charge is 0.271 e. The lowest BCUT2D eigenvalue weighted by atomic mass is 9.89. The van der Waals surface area contributed by atoms with Gasteiger partial charge in [0.25, 0.3) is 5.91 Å². The Morgan fingerprint density at radius 2 is 1.96 bits per heavy atom. The van der Waals surface area contributed by atoms with Gasteiger partial charge in [0.15, 0.2) is 5.69 Å². The molecule has 1 aliphatic heterocycles. The molecule has 150 valence electrons. The molecule has 8 heteroatoms. The average molecular weight is 377 g/mol. The number of morpholine rings is 1. The van der Waals surface area contributed by atoms with Crippen molar-refractivity contribution >= 4 is 17.6 Å². The van der Waals surface area contributed by atoms with E-state index in [9.17, 15) is 9.59 Å². The third-order valence-electron chi connectivity index (χ3n) is 5.38. The standard InChI is InChI=1S/C19H31N5O3/c1-23-17(21-18(25)15-6-3-2-4-7-15)14-16(22-23)19(26)20-8-5-9-24-10-12-27-13-11-24/h14-15H,2-13H2,1H3,(H,20,26)(H,21,25). The molecule has 0 radical (unpaired) electrons. The second kappa shape index (κ2) is 9.85. The number of amides is 2. The van der Waals surface area contributed by atoms with Crippen molar-refractivity contribution in [2.75, 3.05) is 44.7 Å². The Morgan fingerprint density at radius 3 is 2.70 bits per heavy atom. The van der Waals surface area contributed by atoms with Crippen molar-refractivity contribution < 1.29 is 14.3 Å². The topological polar surface area (TPSA) is 88.5 Å². The number of carbonyl (C=O) groups is 2. The molecule has 0 atom stereocenters. The first-order valence-corrected chi connectivity index (χ1v) is 10.1. The Bertz CT molecular complexity index is 633. The number of ether oxygens (including phenoxy) is 1. The zero-order valence-electron chi connectivity index (χ0n) is 16.2. The molecule has 8 nitrogen and oxygen atoms in total. The van der Waals surface area contributed by atoms with Gasteiger partial charge < -0.3 is 15.4 Å². The summed E-state index contributed by atoms with van der Waals surface area (Å²) in [4.78, 5) is 27.1. The van der Waals surface area contributed by atoms with Gasteiger partial charge in [0, 0.05) is 38.7 Å². The number of nitrogens with zero attached hydrogens (tertiary/aromatic N) is 3. The van der Waals surface area contributed by atoms with Crippen molar-refractivity contribution in [1.82, 2.24) is 20.0 Å². The predicted octanol–water partition coefficient (Wildman–Crippen LogP) is 1.39. The summed E-state index contributed by atoms with van der Waals surface area (Å²) in [6, 6.07) is 1.65. The molecule has 2 aliphatic rings. The molecule has 1 saturated carbocycles. The number of carbonyl (C=O) groups excluding carboxylic acids is 2. The van der Waals surface area contributed by atoms with Gasteiger partial charge in [-0.25, -0.2) is 0 Å². The van der Waals surface area contributed by atoms with Crippen LogP contribution in [-0.4, -0.2) is 65.9 Å². The number of hydrogen-bond donors (Lipinski definition) is 2. The summed E-state index contributed by atoms with van der Waals surface area (Å²) in [5.41, 5.74) is 0.336. The van der Waals surface area contributed by atoms with Gasteiger partial charge in [0.1, 0.15) is 5.82 Å². The SMILES string of the molecule is Cn1nc(C(=O)NCCCN2CCOCC2)cc1NC(=O)C1CCCCC1. The van der Waals surface area contributed by atoms with Crippen LogP contribution in [0, 0.1) is 5.92 Å². The molecule has 2 N–H and O–H groups in total. The van der Waals surface area contributed by atoms with E-state index in [-0.39, 0.29) is 17.7 Å². The first-order valence-electron chi connectivity index (χ1n) is 10.1. The van der Waals surface area contributed by atoms with Crippen molar-refractivity contribution in [3.8, 4) is 0 Å². The van der Waals surface area contributed by atoms with Gasteiger partial charge in [-0.1, -0.05) is 19.3 Å². The first-order chi connectivity index (χ1) is 13.1. The Hall–Kier alpha value is -1.93. The third-order valence-corrected chi connectivity index (χ3v) is 5.38. The highest BCUT2D eigenvalue weighted by Gasteiger charge is 2.22. The van der Waals surface area contributed by atoms with Gasteiger partial charge in [0.2, 0.25) is 5.91 Å². The van der Waals surface area contributed by atoms with Gasteiger partial charge >= 0.3 is 0 Å². The molecule has 1 saturated heterocycles. The predicted molar refractivity (Wildman–Crippen MR) is 103 cm³/mol. The largest absolute Gasteiger partial charge is 0.379 e. The van der Waals surface area contributed by atoms with Crippen molar-refractivity contribution in [1.29, 1.82) is 0 Å². The normalized spacial score (nSPS) is 19.0. The molecule has 3 rings (SSSR count). The molecule has 1 aromatic heterocycles. The molecule has 1 aromatic rings. The van der Waals surface area contributed by atoms with Gasteiger partial charge in [-0.3, -0.25) is 19.2 Å². The molecule has 27 heavy (non-hydrogen) atoms. The lowest BCUT2D eigenvalue weighted by molar-refractivity contribution is -0.120. The first kappa shape index (κ1) is 19.8. The minimum Gasteiger partial charge on any atom is -0.379 e. The van der Waals surface area contributed by atoms with Crippen LogP contribution in [-0.2, 0) is 16.6 Å². The minimum absolute atomic E-state index is 0.0372. The molecule has 0 unspecified atom stereocenters. The van der Waals surface area contributed by atoms with Crippen LogP contribution in [0.15, 0.2) is 6.07 Å². The van der Waals surface area contributed by atoms with Gasteiger partial charge in [-0.05, 0) is 25.8 Å². The van der Waals surface area contributed by atoms with Crippen LogP contribution in [0.5, 0.6) is 0 Å². The molecule has 2 amide bonds. The Kier molecular flexibility index (Phi) is 7.23. The van der Waals surface area contributed by atoms with Crippen molar-refractivity contribution in [3.63, 3.8) is 0 Å². The van der Waals surface area contributed by atoms with E-state index in [1.165, 1.54) is 6.42 Å². The number of hydrogen-bond acceptors (Lipinski definition) is 5. The Labute approximate surface area is 160 Å². The van der Waals surface area contributed by atoms with Crippen LogP contribution in [0.2, 0.25) is 0 Å². The summed E-state index contributed by atoms with van der Waals surface area (Å²) < 4.78 is 6.89. The molecule has 2 heterocycles. The van der Waals surface area contributed by atoms with E-state index >= 15 is 0 Å². The van der Waals surface area contributed by atoms with E-state index in [0.29, 0.717) is 18.1 Å². The molecule has 0 bridgehead atoms. The number of nitrogens with one attached hydrogen (secondary N) is 2. The van der Waals surface area contributed by atoms with E-state index in [1.807, 2.05) is 0 Å². The maximum absolute atomic E-state index is 12.4. The van der Waals surface area contributed by atoms with E-state index in [2.05, 4.69) is 20.6 Å². The molecule has 0 spiro atoms. The quantitative estimate of drug-likeness (QED) is 0.701. The van der Waals surface area contributed by atoms with Crippen LogP contribution < -0.4 is 10.6 Å². The van der Waals surface area contributed by atoms with Gasteiger partial charge in [-0.2, -0.15) is 5.10 Å². The molecule has 1 aliphatic carbocycles. The number of anilines is 1. The second-order valence-electron chi connectivity index (χ2n) is 7.43. The molecular weight excluding hydrogens is 346 g/mol. The van der Waals surface area contributed by atoms with Crippen LogP contribution in [0.4, 0.5) is 5.82 Å². The molecule has 2 fully saturated rings. The highest BCUT2D eigenvalue weighted by molar-refractivity contribution is 5.96. The summed E-state index contributed by atoms with van der Waals surface area (Å²) in [5, 5.41) is 10.1. The zero-order valence-corrected chi connectivity index (χ0v) is 16.2. The van der Waals surface area contributed by atoms with Gasteiger partial charge in [0.05, 0.1) is 13.2 Å². The van der Waals surface area contributed by atoms with Gasteiger partial charge in [-0.15, -0.1) is 0 Å². The van der Waals surface area contributed by atoms with Crippen molar-refractivity contribution in [3.05, 3.63) is 11.8 Å². The van der Waals surface area contributed by atoms with E-state index in [1.54, 1.807) is 17.8 Å². The Morgan fingerprint density at radius 1 is 1.22 bits per heavy atom. The fraction of sp³-hybridized carbons (Fsp3) is 0.737. The summed E-state index contributed by atoms with van der Waals surface area (Å²) in [6.45, 7) is 5.05. The lowest BCUT2D eigenvalue weighted by Crippen LogP contribution is -2.38. The molecular formula is C19H31N5O3. The van der Waals surface area contributed by atoms with Crippen LogP contribution in [0.1, 0.15) is 49.0 Å². The molecule has 0 aromatic carbocycles. The maximum atomic E-state index is 12.4. The minimum atomic E-state index is -0.203. The van der Waals surface area contributed by atoms with E-state index < -0.39 is 0 Å². The highest BCUT2D eigenvalue weighted by Crippen LogP contribution is 2.25. The van der Waals surface area contributed by atoms with E-state index in [0.717, 1.165) is 65.0 Å². The zero-order chi connectivity index (χ0) is 19.1. The Balaban J connectivity index is 1.43. The van der Waals surface area contributed by atoms with Crippen LogP contribution in [0.25, 0.3) is 0 Å². The fourth-order valence-electron chi connectivity index (χ4n) is 3.71. The number of aryl methyl sites for hydroxylation is 1. The fourth-order valence-corrected chi connectivity index (χ4v) is 3.71. The lowest BCUT2D eigenvalue weighted by Gasteiger charge is -2.26. The number of rotatable bonds is 7. The average Bonchev–Trinajstić information content (AvgIpc) is 3.07. The van der Waals surface area contributed by atoms with E-state index in [4.69, 9.17) is 4.74 Å². The summed E-state index contributed by atoms with van der Waals surface area (Å²) in [7, 11) is 1.74. The van der Waals surface area contributed by atoms with Crippen LogP contribution in [0.3, 0.4) is 0 Å². The third kappa shape index (κ3) is 5.77. The second-order valence-corrected chi connectivity index (χ2v) is 7.43. The number of aromatic nitrogens is 2. The monoisotopic (exact) mass is 377 g/mol. The highest BCUT2D eigenvalue weighted by atomic mass is 16.5.